The molecular formula is C21H27NO3. The van der Waals surface area contributed by atoms with E-state index in [4.69, 9.17) is 9.47 Å². The molecule has 0 radical (unpaired) electrons. The molecule has 0 aliphatic carbocycles. The van der Waals surface area contributed by atoms with Gasteiger partial charge in [-0.05, 0) is 56.0 Å². The Balaban J connectivity index is 2.07. The van der Waals surface area contributed by atoms with Gasteiger partial charge in [0, 0.05) is 0 Å². The maximum atomic E-state index is 12.6. The molecule has 0 bridgehead atoms. The molecule has 0 aliphatic rings. The van der Waals surface area contributed by atoms with Gasteiger partial charge in [-0.15, -0.1) is 0 Å². The zero-order valence-corrected chi connectivity index (χ0v) is 15.6. The van der Waals surface area contributed by atoms with Gasteiger partial charge in [-0.1, -0.05) is 37.3 Å². The van der Waals surface area contributed by atoms with Crippen molar-refractivity contribution in [2.24, 2.45) is 0 Å². The van der Waals surface area contributed by atoms with Gasteiger partial charge < -0.3 is 14.8 Å². The number of aryl methyl sites for hydroxylation is 2. The van der Waals surface area contributed by atoms with Gasteiger partial charge in [-0.2, -0.15) is 0 Å². The van der Waals surface area contributed by atoms with Crippen molar-refractivity contribution in [1.82, 2.24) is 5.32 Å². The fourth-order valence-corrected chi connectivity index (χ4v) is 2.62. The summed E-state index contributed by atoms with van der Waals surface area (Å²) in [5.74, 6) is 1.07. The number of methoxy groups -OCH3 is 1. The highest BCUT2D eigenvalue weighted by Crippen LogP contribution is 2.27. The van der Waals surface area contributed by atoms with Crippen molar-refractivity contribution in [1.29, 1.82) is 0 Å². The number of hydrogen-bond donors (Lipinski definition) is 1. The van der Waals surface area contributed by atoms with Gasteiger partial charge >= 0.3 is 0 Å². The Morgan fingerprint density at radius 2 is 1.76 bits per heavy atom. The van der Waals surface area contributed by atoms with Crippen LogP contribution in [0.2, 0.25) is 0 Å². The van der Waals surface area contributed by atoms with E-state index in [2.05, 4.69) is 37.4 Å². The van der Waals surface area contributed by atoms with Crippen LogP contribution in [0.15, 0.2) is 42.5 Å². The first-order valence-electron chi connectivity index (χ1n) is 8.63. The molecule has 1 N–H and O–H groups in total. The normalized spacial score (nSPS) is 13.0. The zero-order valence-electron chi connectivity index (χ0n) is 15.6. The SMILES string of the molecule is CC[C@H](Oc1ccccc1OC)C(=O)N[C@H](C)c1ccc(C)c(C)c1. The Morgan fingerprint density at radius 3 is 2.36 bits per heavy atom. The highest BCUT2D eigenvalue weighted by molar-refractivity contribution is 5.81. The third kappa shape index (κ3) is 4.75. The van der Waals surface area contributed by atoms with E-state index in [1.54, 1.807) is 7.11 Å². The Morgan fingerprint density at radius 1 is 1.08 bits per heavy atom. The largest absolute Gasteiger partial charge is 0.493 e. The molecule has 0 aliphatic heterocycles. The van der Waals surface area contributed by atoms with Gasteiger partial charge in [0.15, 0.2) is 17.6 Å². The van der Waals surface area contributed by atoms with Gasteiger partial charge in [0.25, 0.3) is 5.91 Å². The lowest BCUT2D eigenvalue weighted by Crippen LogP contribution is -2.39. The number of carbonyl (C=O) groups is 1. The van der Waals surface area contributed by atoms with E-state index in [1.807, 2.05) is 38.1 Å². The number of nitrogens with one attached hydrogen (secondary N) is 1. The van der Waals surface area contributed by atoms with Crippen LogP contribution in [0, 0.1) is 13.8 Å². The van der Waals surface area contributed by atoms with Crippen molar-refractivity contribution < 1.29 is 14.3 Å². The van der Waals surface area contributed by atoms with Crippen molar-refractivity contribution in [2.75, 3.05) is 7.11 Å². The number of rotatable bonds is 7. The number of amides is 1. The van der Waals surface area contributed by atoms with Crippen LogP contribution in [0.5, 0.6) is 11.5 Å². The second-order valence-corrected chi connectivity index (χ2v) is 6.24. The summed E-state index contributed by atoms with van der Waals surface area (Å²) < 4.78 is 11.2. The summed E-state index contributed by atoms with van der Waals surface area (Å²) in [6.07, 6.45) is 0.00840. The van der Waals surface area contributed by atoms with E-state index in [-0.39, 0.29) is 11.9 Å². The lowest BCUT2D eigenvalue weighted by molar-refractivity contribution is -0.128. The van der Waals surface area contributed by atoms with Crippen LogP contribution in [-0.2, 0) is 4.79 Å². The monoisotopic (exact) mass is 341 g/mol. The summed E-state index contributed by atoms with van der Waals surface area (Å²) in [6.45, 7) is 8.07. The lowest BCUT2D eigenvalue weighted by atomic mass is 10.0. The van der Waals surface area contributed by atoms with E-state index in [1.165, 1.54) is 11.1 Å². The summed E-state index contributed by atoms with van der Waals surface area (Å²) >= 11 is 0. The smallest absolute Gasteiger partial charge is 0.261 e. The van der Waals surface area contributed by atoms with Crippen LogP contribution < -0.4 is 14.8 Å². The summed E-state index contributed by atoms with van der Waals surface area (Å²) in [4.78, 5) is 12.6. The number of hydrogen-bond acceptors (Lipinski definition) is 3. The Labute approximate surface area is 150 Å². The van der Waals surface area contributed by atoms with Crippen molar-refractivity contribution in [2.45, 2.75) is 46.3 Å². The van der Waals surface area contributed by atoms with E-state index < -0.39 is 6.10 Å². The number of benzene rings is 2. The minimum atomic E-state index is -0.565. The molecule has 134 valence electrons. The Kier molecular flexibility index (Phi) is 6.45. The summed E-state index contributed by atoms with van der Waals surface area (Å²) in [6, 6.07) is 13.5. The highest BCUT2D eigenvalue weighted by atomic mass is 16.5. The summed E-state index contributed by atoms with van der Waals surface area (Å²) in [5, 5.41) is 3.05. The molecule has 4 heteroatoms. The molecule has 2 aromatic carbocycles. The zero-order chi connectivity index (χ0) is 18.4. The molecule has 4 nitrogen and oxygen atoms in total. The van der Waals surface area contributed by atoms with Crippen molar-refractivity contribution in [3.05, 3.63) is 59.2 Å². The van der Waals surface area contributed by atoms with Crippen LogP contribution in [0.3, 0.4) is 0 Å². The fourth-order valence-electron chi connectivity index (χ4n) is 2.62. The fraction of sp³-hybridized carbons (Fsp3) is 0.381. The first-order valence-corrected chi connectivity index (χ1v) is 8.63. The molecule has 2 aromatic rings. The number of ether oxygens (including phenoxy) is 2. The molecule has 0 aromatic heterocycles. The quantitative estimate of drug-likeness (QED) is 0.814. The second kappa shape index (κ2) is 8.56. The third-order valence-corrected chi connectivity index (χ3v) is 4.39. The lowest BCUT2D eigenvalue weighted by Gasteiger charge is -2.22. The van der Waals surface area contributed by atoms with Crippen molar-refractivity contribution in [3.63, 3.8) is 0 Å². The van der Waals surface area contributed by atoms with Gasteiger partial charge in [-0.25, -0.2) is 0 Å². The topological polar surface area (TPSA) is 47.6 Å². The van der Waals surface area contributed by atoms with Gasteiger partial charge in [0.2, 0.25) is 0 Å². The predicted octanol–water partition coefficient (Wildman–Crippen LogP) is 4.35. The highest BCUT2D eigenvalue weighted by Gasteiger charge is 2.22. The summed E-state index contributed by atoms with van der Waals surface area (Å²) in [7, 11) is 1.59. The maximum Gasteiger partial charge on any atom is 0.261 e. The summed E-state index contributed by atoms with van der Waals surface area (Å²) in [5.41, 5.74) is 3.55. The van der Waals surface area contributed by atoms with Crippen LogP contribution in [-0.4, -0.2) is 19.1 Å². The molecule has 1 amide bonds. The van der Waals surface area contributed by atoms with E-state index >= 15 is 0 Å². The van der Waals surface area contributed by atoms with Gasteiger partial charge in [0.1, 0.15) is 0 Å². The molecule has 0 saturated heterocycles. The third-order valence-electron chi connectivity index (χ3n) is 4.39. The Bertz CT molecular complexity index is 727. The Hall–Kier alpha value is -2.49. The standard InChI is InChI=1S/C21H27NO3/c1-6-18(25-20-10-8-7-9-19(20)24-5)21(23)22-16(4)17-12-11-14(2)15(3)13-17/h7-13,16,18H,6H2,1-5H3,(H,22,23)/t16-,18+/m1/s1. The van der Waals surface area contributed by atoms with E-state index in [0.29, 0.717) is 17.9 Å². The number of para-hydroxylation sites is 2. The molecule has 0 heterocycles. The van der Waals surface area contributed by atoms with Crippen LogP contribution in [0.25, 0.3) is 0 Å². The molecule has 0 fully saturated rings. The van der Waals surface area contributed by atoms with Gasteiger partial charge in [0.05, 0.1) is 13.2 Å². The maximum absolute atomic E-state index is 12.6. The van der Waals surface area contributed by atoms with E-state index in [0.717, 1.165) is 5.56 Å². The van der Waals surface area contributed by atoms with Crippen LogP contribution >= 0.6 is 0 Å². The number of carbonyl (C=O) groups excluding carboxylic acids is 1. The first kappa shape index (κ1) is 18.8. The molecular weight excluding hydrogens is 314 g/mol. The van der Waals surface area contributed by atoms with Crippen LogP contribution in [0.1, 0.15) is 43.0 Å². The minimum absolute atomic E-state index is 0.0814. The average Bonchev–Trinajstić information content (AvgIpc) is 2.61. The second-order valence-electron chi connectivity index (χ2n) is 6.24. The predicted molar refractivity (Wildman–Crippen MR) is 100 cm³/mol. The van der Waals surface area contributed by atoms with Crippen molar-refractivity contribution in [3.8, 4) is 11.5 Å². The van der Waals surface area contributed by atoms with Crippen LogP contribution in [0.4, 0.5) is 0 Å². The molecule has 0 saturated carbocycles. The van der Waals surface area contributed by atoms with Gasteiger partial charge in [-0.3, -0.25) is 4.79 Å². The molecule has 0 unspecified atom stereocenters. The average molecular weight is 341 g/mol. The van der Waals surface area contributed by atoms with Crippen molar-refractivity contribution >= 4 is 5.91 Å². The molecule has 2 atom stereocenters. The first-order chi connectivity index (χ1) is 12.0. The molecule has 2 rings (SSSR count). The minimum Gasteiger partial charge on any atom is -0.493 e. The van der Waals surface area contributed by atoms with E-state index in [9.17, 15) is 4.79 Å². The molecule has 25 heavy (non-hydrogen) atoms. The molecule has 0 spiro atoms.